The monoisotopic (exact) mass is 469 g/mol. The Balaban J connectivity index is 1.53. The number of methoxy groups -OCH3 is 1. The molecule has 2 heterocycles. The fourth-order valence-corrected chi connectivity index (χ4v) is 3.47. The number of para-hydroxylation sites is 2. The zero-order valence-corrected chi connectivity index (χ0v) is 19.1. The number of hydrogen-bond donors (Lipinski definition) is 2. The zero-order valence-electron chi connectivity index (χ0n) is 18.3. The van der Waals surface area contributed by atoms with Gasteiger partial charge in [0, 0.05) is 26.3 Å². The van der Waals surface area contributed by atoms with Gasteiger partial charge in [-0.1, -0.05) is 23.7 Å². The number of rotatable bonds is 8. The number of nitrogens with one attached hydrogen (secondary N) is 2. The highest BCUT2D eigenvalue weighted by Crippen LogP contribution is 2.31. The van der Waals surface area contributed by atoms with Gasteiger partial charge in [-0.3, -0.25) is 4.90 Å². The molecule has 0 atom stereocenters. The highest BCUT2D eigenvalue weighted by Gasteiger charge is 2.20. The molecule has 1 amide bonds. The summed E-state index contributed by atoms with van der Waals surface area (Å²) in [5.74, 6) is 1.46. The normalized spacial score (nSPS) is 13.1. The average Bonchev–Trinajstić information content (AvgIpc) is 2.95. The van der Waals surface area contributed by atoms with Gasteiger partial charge in [-0.15, -0.1) is 0 Å². The Morgan fingerprint density at radius 1 is 1.18 bits per heavy atom. The second kappa shape index (κ2) is 10.4. The molecule has 0 fully saturated rings. The quantitative estimate of drug-likeness (QED) is 0.455. The molecule has 0 radical (unpaired) electrons. The van der Waals surface area contributed by atoms with Crippen LogP contribution >= 0.6 is 11.6 Å². The highest BCUT2D eigenvalue weighted by atomic mass is 35.5. The predicted octanol–water partition coefficient (Wildman–Crippen LogP) is 4.77. The molecule has 0 bridgehead atoms. The van der Waals surface area contributed by atoms with E-state index in [1.54, 1.807) is 14.2 Å². The van der Waals surface area contributed by atoms with Gasteiger partial charge >= 0.3 is 6.09 Å². The SMILES string of the molecule is COCCOc1ccccc1Nc1nc(Nc2ccc3c(c2)CCOC(=O)N3C)ncc1Cl. The fraction of sp³-hybridized carbons (Fsp3) is 0.261. The molecule has 0 saturated carbocycles. The Kier molecular flexibility index (Phi) is 7.11. The molecular formula is C23H24ClN5O4. The lowest BCUT2D eigenvalue weighted by Crippen LogP contribution is -2.25. The molecule has 9 nitrogen and oxygen atoms in total. The van der Waals surface area contributed by atoms with Crippen molar-refractivity contribution in [1.82, 2.24) is 9.97 Å². The van der Waals surface area contributed by atoms with Gasteiger partial charge in [-0.2, -0.15) is 4.98 Å². The number of carbonyl (C=O) groups excluding carboxylic acids is 1. The van der Waals surface area contributed by atoms with Crippen LogP contribution in [0.25, 0.3) is 0 Å². The molecule has 4 rings (SSSR count). The van der Waals surface area contributed by atoms with Crippen LogP contribution in [0.1, 0.15) is 5.56 Å². The standard InChI is InChI=1S/C23H24ClN5O4/c1-29-19-8-7-16(13-15(19)9-10-33-23(29)30)26-22-25-14-17(24)21(28-22)27-18-5-3-4-6-20(18)32-12-11-31-2/h3-8,13-14H,9-12H2,1-2H3,(H2,25,26,27,28). The van der Waals surface area contributed by atoms with Crippen LogP contribution in [-0.2, 0) is 15.9 Å². The van der Waals surface area contributed by atoms with Crippen LogP contribution < -0.4 is 20.3 Å². The van der Waals surface area contributed by atoms with Crippen molar-refractivity contribution in [2.75, 3.05) is 49.5 Å². The number of ether oxygens (including phenoxy) is 3. The summed E-state index contributed by atoms with van der Waals surface area (Å²) in [6, 6.07) is 13.2. The van der Waals surface area contributed by atoms with Crippen molar-refractivity contribution in [3.8, 4) is 5.75 Å². The van der Waals surface area contributed by atoms with Gasteiger partial charge in [-0.05, 0) is 35.9 Å². The molecule has 0 spiro atoms. The van der Waals surface area contributed by atoms with E-state index in [2.05, 4.69) is 20.6 Å². The van der Waals surface area contributed by atoms with Crippen molar-refractivity contribution in [2.45, 2.75) is 6.42 Å². The van der Waals surface area contributed by atoms with Gasteiger partial charge < -0.3 is 24.8 Å². The van der Waals surface area contributed by atoms with Crippen LogP contribution in [0.2, 0.25) is 5.02 Å². The van der Waals surface area contributed by atoms with Gasteiger partial charge in [0.2, 0.25) is 5.95 Å². The number of halogens is 1. The van der Waals surface area contributed by atoms with E-state index in [9.17, 15) is 4.79 Å². The molecule has 3 aromatic rings. The third kappa shape index (κ3) is 5.44. The van der Waals surface area contributed by atoms with E-state index >= 15 is 0 Å². The Hall–Kier alpha value is -3.56. The second-order valence-corrected chi connectivity index (χ2v) is 7.65. The van der Waals surface area contributed by atoms with E-state index in [1.165, 1.54) is 11.1 Å². The van der Waals surface area contributed by atoms with Crippen LogP contribution in [0.15, 0.2) is 48.7 Å². The van der Waals surface area contributed by atoms with Gasteiger partial charge in [-0.25, -0.2) is 9.78 Å². The smallest absolute Gasteiger partial charge is 0.414 e. The number of nitrogens with zero attached hydrogens (tertiary/aromatic N) is 3. The summed E-state index contributed by atoms with van der Waals surface area (Å²) in [6.07, 6.45) is 1.78. The van der Waals surface area contributed by atoms with Crippen molar-refractivity contribution in [3.63, 3.8) is 0 Å². The van der Waals surface area contributed by atoms with E-state index in [4.69, 9.17) is 25.8 Å². The zero-order chi connectivity index (χ0) is 23.2. The minimum Gasteiger partial charge on any atom is -0.489 e. The van der Waals surface area contributed by atoms with Gasteiger partial charge in [0.1, 0.15) is 17.4 Å². The summed E-state index contributed by atoms with van der Waals surface area (Å²) < 4.78 is 16.0. The summed E-state index contributed by atoms with van der Waals surface area (Å²) in [7, 11) is 3.31. The molecule has 172 valence electrons. The average molecular weight is 470 g/mol. The van der Waals surface area contributed by atoms with Crippen LogP contribution in [0.4, 0.5) is 33.6 Å². The molecule has 1 aliphatic heterocycles. The first-order chi connectivity index (χ1) is 16.0. The Morgan fingerprint density at radius 3 is 2.88 bits per heavy atom. The van der Waals surface area contributed by atoms with Crippen molar-refractivity contribution in [2.24, 2.45) is 0 Å². The molecule has 0 unspecified atom stereocenters. The van der Waals surface area contributed by atoms with E-state index in [-0.39, 0.29) is 6.09 Å². The summed E-state index contributed by atoms with van der Waals surface area (Å²) in [6.45, 7) is 1.23. The number of hydrogen-bond acceptors (Lipinski definition) is 8. The maximum Gasteiger partial charge on any atom is 0.414 e. The Morgan fingerprint density at radius 2 is 2.03 bits per heavy atom. The van der Waals surface area contributed by atoms with Gasteiger partial charge in [0.05, 0.1) is 30.8 Å². The van der Waals surface area contributed by atoms with Crippen molar-refractivity contribution < 1.29 is 19.0 Å². The maximum atomic E-state index is 11.9. The topological polar surface area (TPSA) is 97.8 Å². The van der Waals surface area contributed by atoms with Gasteiger partial charge in [0.15, 0.2) is 5.82 Å². The van der Waals surface area contributed by atoms with Gasteiger partial charge in [0.25, 0.3) is 0 Å². The van der Waals surface area contributed by atoms with Crippen molar-refractivity contribution >= 4 is 46.5 Å². The first-order valence-electron chi connectivity index (χ1n) is 10.4. The summed E-state index contributed by atoms with van der Waals surface area (Å²) in [4.78, 5) is 22.2. The molecule has 33 heavy (non-hydrogen) atoms. The van der Waals surface area contributed by atoms with Crippen LogP contribution in [-0.4, -0.2) is 50.0 Å². The van der Waals surface area contributed by atoms with E-state index in [0.29, 0.717) is 48.8 Å². The van der Waals surface area contributed by atoms with E-state index in [1.807, 2.05) is 42.5 Å². The van der Waals surface area contributed by atoms with Crippen molar-refractivity contribution in [1.29, 1.82) is 0 Å². The molecule has 2 aromatic carbocycles. The first-order valence-corrected chi connectivity index (χ1v) is 10.7. The molecule has 1 aromatic heterocycles. The lowest BCUT2D eigenvalue weighted by atomic mass is 10.1. The summed E-state index contributed by atoms with van der Waals surface area (Å²) in [5.41, 5.74) is 3.31. The lowest BCUT2D eigenvalue weighted by molar-refractivity contribution is 0.146. The Bertz CT molecular complexity index is 1140. The third-order valence-electron chi connectivity index (χ3n) is 5.00. The van der Waals surface area contributed by atoms with E-state index < -0.39 is 0 Å². The molecule has 2 N–H and O–H groups in total. The van der Waals surface area contributed by atoms with Crippen LogP contribution in [0, 0.1) is 0 Å². The second-order valence-electron chi connectivity index (χ2n) is 7.24. The number of benzene rings is 2. The number of anilines is 5. The number of amides is 1. The number of carbonyl (C=O) groups is 1. The number of aromatic nitrogens is 2. The van der Waals surface area contributed by atoms with Crippen LogP contribution in [0.3, 0.4) is 0 Å². The minimum absolute atomic E-state index is 0.330. The molecule has 0 aliphatic carbocycles. The number of cyclic esters (lactones) is 1. The highest BCUT2D eigenvalue weighted by molar-refractivity contribution is 6.32. The molecule has 0 saturated heterocycles. The maximum absolute atomic E-state index is 11.9. The predicted molar refractivity (Wildman–Crippen MR) is 127 cm³/mol. The van der Waals surface area contributed by atoms with Crippen molar-refractivity contribution in [3.05, 3.63) is 59.2 Å². The Labute approximate surface area is 196 Å². The first kappa shape index (κ1) is 22.6. The van der Waals surface area contributed by atoms with Crippen LogP contribution in [0.5, 0.6) is 5.75 Å². The third-order valence-corrected chi connectivity index (χ3v) is 5.27. The molecule has 1 aliphatic rings. The number of fused-ring (bicyclic) bond motifs is 1. The molecule has 10 heteroatoms. The minimum atomic E-state index is -0.363. The largest absolute Gasteiger partial charge is 0.489 e. The fourth-order valence-electron chi connectivity index (χ4n) is 3.34. The summed E-state index contributed by atoms with van der Waals surface area (Å²) in [5, 5.41) is 6.78. The molecular weight excluding hydrogens is 446 g/mol. The lowest BCUT2D eigenvalue weighted by Gasteiger charge is -2.17. The van der Waals surface area contributed by atoms with E-state index in [0.717, 1.165) is 22.6 Å². The summed E-state index contributed by atoms with van der Waals surface area (Å²) >= 11 is 6.34.